The number of Topliss-reactive ketones (excluding diaryl/α,β-unsaturated/α-hetero) is 1. The van der Waals surface area contributed by atoms with E-state index in [0.29, 0.717) is 23.7 Å². The monoisotopic (exact) mass is 335 g/mol. The second-order valence-corrected chi connectivity index (χ2v) is 5.13. The summed E-state index contributed by atoms with van der Waals surface area (Å²) in [6.07, 6.45) is 3.43. The van der Waals surface area contributed by atoms with Gasteiger partial charge in [-0.1, -0.05) is 0 Å². The highest BCUT2D eigenvalue weighted by Gasteiger charge is 2.10. The van der Waals surface area contributed by atoms with Crippen LogP contribution in [0.3, 0.4) is 0 Å². The Morgan fingerprint density at radius 3 is 2.75 bits per heavy atom. The molecule has 0 aliphatic carbocycles. The molecule has 2 aromatic rings. The van der Waals surface area contributed by atoms with Crippen molar-refractivity contribution >= 4 is 21.7 Å². The number of carbonyl (C=O) groups excluding carboxylic acids is 1. The average molecular weight is 336 g/mol. The number of hydrogen-bond acceptors (Lipinski definition) is 4. The number of pyridine rings is 1. The van der Waals surface area contributed by atoms with Gasteiger partial charge >= 0.3 is 0 Å². The van der Waals surface area contributed by atoms with E-state index in [4.69, 9.17) is 9.47 Å². The Kier molecular flexibility index (Phi) is 4.74. The molecule has 4 nitrogen and oxygen atoms in total. The van der Waals surface area contributed by atoms with Crippen LogP contribution in [-0.4, -0.2) is 17.9 Å². The molecule has 0 amide bonds. The summed E-state index contributed by atoms with van der Waals surface area (Å²) in [6, 6.07) is 7.07. The van der Waals surface area contributed by atoms with Crippen LogP contribution in [-0.2, 0) is 6.61 Å². The van der Waals surface area contributed by atoms with Crippen LogP contribution in [0.15, 0.2) is 41.1 Å². The Balaban J connectivity index is 2.21. The van der Waals surface area contributed by atoms with Crippen LogP contribution in [0, 0.1) is 0 Å². The van der Waals surface area contributed by atoms with Gasteiger partial charge in [0.15, 0.2) is 5.78 Å². The van der Waals surface area contributed by atoms with Crippen molar-refractivity contribution in [3.8, 4) is 11.5 Å². The van der Waals surface area contributed by atoms with E-state index in [2.05, 4.69) is 20.9 Å². The van der Waals surface area contributed by atoms with Crippen molar-refractivity contribution in [1.82, 2.24) is 4.98 Å². The second-order valence-electron chi connectivity index (χ2n) is 4.22. The molecule has 0 atom stereocenters. The predicted molar refractivity (Wildman–Crippen MR) is 79.3 cm³/mol. The second kappa shape index (κ2) is 6.52. The molecule has 0 saturated carbocycles. The first-order valence-corrected chi connectivity index (χ1v) is 6.80. The van der Waals surface area contributed by atoms with Gasteiger partial charge in [0.25, 0.3) is 0 Å². The Bertz CT molecular complexity index is 628. The quantitative estimate of drug-likeness (QED) is 0.783. The number of carbonyl (C=O) groups is 1. The van der Waals surface area contributed by atoms with E-state index < -0.39 is 0 Å². The molecule has 1 aromatic carbocycles. The van der Waals surface area contributed by atoms with Crippen molar-refractivity contribution in [3.05, 3.63) is 52.3 Å². The van der Waals surface area contributed by atoms with Crippen LogP contribution >= 0.6 is 15.9 Å². The third-order valence-electron chi connectivity index (χ3n) is 2.72. The highest BCUT2D eigenvalue weighted by Crippen LogP contribution is 2.26. The van der Waals surface area contributed by atoms with Crippen LogP contribution in [0.1, 0.15) is 22.8 Å². The maximum atomic E-state index is 11.6. The molecule has 1 aromatic heterocycles. The number of hydrogen-bond donors (Lipinski definition) is 0. The number of benzene rings is 1. The van der Waals surface area contributed by atoms with E-state index in [1.807, 2.05) is 6.07 Å². The number of ether oxygens (including phenoxy) is 2. The van der Waals surface area contributed by atoms with Crippen LogP contribution in [0.2, 0.25) is 0 Å². The molecule has 0 radical (unpaired) electrons. The largest absolute Gasteiger partial charge is 0.497 e. The zero-order valence-electron chi connectivity index (χ0n) is 11.2. The van der Waals surface area contributed by atoms with E-state index in [9.17, 15) is 4.79 Å². The molecule has 0 N–H and O–H groups in total. The Labute approximate surface area is 125 Å². The minimum absolute atomic E-state index is 0.0463. The van der Waals surface area contributed by atoms with Crippen molar-refractivity contribution in [1.29, 1.82) is 0 Å². The van der Waals surface area contributed by atoms with Crippen LogP contribution in [0.25, 0.3) is 0 Å². The van der Waals surface area contributed by atoms with Crippen molar-refractivity contribution < 1.29 is 14.3 Å². The van der Waals surface area contributed by atoms with Crippen LogP contribution in [0.4, 0.5) is 0 Å². The molecule has 0 aliphatic heterocycles. The maximum absolute atomic E-state index is 11.6. The Morgan fingerprint density at radius 2 is 2.10 bits per heavy atom. The minimum atomic E-state index is -0.0463. The van der Waals surface area contributed by atoms with Crippen molar-refractivity contribution in [2.24, 2.45) is 0 Å². The highest BCUT2D eigenvalue weighted by atomic mass is 79.9. The van der Waals surface area contributed by atoms with Gasteiger partial charge < -0.3 is 9.47 Å². The summed E-state index contributed by atoms with van der Waals surface area (Å²) in [5.74, 6) is 1.12. The van der Waals surface area contributed by atoms with E-state index in [0.717, 1.165) is 10.0 Å². The number of ketones is 1. The van der Waals surface area contributed by atoms with Gasteiger partial charge in [-0.3, -0.25) is 9.78 Å². The lowest BCUT2D eigenvalue weighted by Gasteiger charge is -2.11. The van der Waals surface area contributed by atoms with Crippen molar-refractivity contribution in [2.45, 2.75) is 13.5 Å². The van der Waals surface area contributed by atoms with Gasteiger partial charge in [0, 0.05) is 28.5 Å². The van der Waals surface area contributed by atoms with Gasteiger partial charge in [-0.05, 0) is 41.1 Å². The molecule has 0 bridgehead atoms. The van der Waals surface area contributed by atoms with Crippen molar-refractivity contribution in [3.63, 3.8) is 0 Å². The number of aromatic nitrogens is 1. The van der Waals surface area contributed by atoms with Gasteiger partial charge in [-0.25, -0.2) is 0 Å². The third-order valence-corrected chi connectivity index (χ3v) is 3.16. The standard InChI is InChI=1S/C15H14BrNO3/c1-10(18)14-4-3-13(19-2)6-15(14)20-9-11-5-12(16)8-17-7-11/h3-8H,9H2,1-2H3. The third kappa shape index (κ3) is 3.57. The summed E-state index contributed by atoms with van der Waals surface area (Å²) >= 11 is 3.36. The molecule has 20 heavy (non-hydrogen) atoms. The smallest absolute Gasteiger partial charge is 0.163 e. The number of nitrogens with zero attached hydrogens (tertiary/aromatic N) is 1. The summed E-state index contributed by atoms with van der Waals surface area (Å²) in [5.41, 5.74) is 1.45. The fourth-order valence-corrected chi connectivity index (χ4v) is 2.15. The zero-order valence-corrected chi connectivity index (χ0v) is 12.8. The topological polar surface area (TPSA) is 48.4 Å². The first-order valence-electron chi connectivity index (χ1n) is 6.01. The molecule has 1 heterocycles. The first-order chi connectivity index (χ1) is 9.60. The summed E-state index contributed by atoms with van der Waals surface area (Å²) in [7, 11) is 1.57. The number of methoxy groups -OCH3 is 1. The SMILES string of the molecule is COc1ccc(C(C)=O)c(OCc2cncc(Br)c2)c1. The first kappa shape index (κ1) is 14.5. The van der Waals surface area contributed by atoms with E-state index in [1.165, 1.54) is 6.92 Å². The van der Waals surface area contributed by atoms with Crippen molar-refractivity contribution in [2.75, 3.05) is 7.11 Å². The number of halogens is 1. The molecule has 0 unspecified atom stereocenters. The zero-order chi connectivity index (χ0) is 14.5. The molecular formula is C15H14BrNO3. The lowest BCUT2D eigenvalue weighted by Crippen LogP contribution is -2.02. The van der Waals surface area contributed by atoms with Crippen LogP contribution in [0.5, 0.6) is 11.5 Å². The normalized spacial score (nSPS) is 10.2. The summed E-state index contributed by atoms with van der Waals surface area (Å²) in [6.45, 7) is 1.84. The molecule has 0 fully saturated rings. The van der Waals surface area contributed by atoms with Gasteiger partial charge in [0.05, 0.1) is 12.7 Å². The highest BCUT2D eigenvalue weighted by molar-refractivity contribution is 9.10. The maximum Gasteiger partial charge on any atom is 0.163 e. The molecular weight excluding hydrogens is 322 g/mol. The number of rotatable bonds is 5. The summed E-state index contributed by atoms with van der Waals surface area (Å²) < 4.78 is 11.8. The van der Waals surface area contributed by atoms with Gasteiger partial charge in [0.1, 0.15) is 18.1 Å². The molecule has 104 valence electrons. The van der Waals surface area contributed by atoms with Gasteiger partial charge in [-0.15, -0.1) is 0 Å². The lowest BCUT2D eigenvalue weighted by atomic mass is 10.1. The predicted octanol–water partition coefficient (Wildman–Crippen LogP) is 3.63. The van der Waals surface area contributed by atoms with Gasteiger partial charge in [0.2, 0.25) is 0 Å². The summed E-state index contributed by atoms with van der Waals surface area (Å²) in [5, 5.41) is 0. The van der Waals surface area contributed by atoms with Gasteiger partial charge in [-0.2, -0.15) is 0 Å². The summed E-state index contributed by atoms with van der Waals surface area (Å²) in [4.78, 5) is 15.7. The molecule has 5 heteroatoms. The van der Waals surface area contributed by atoms with E-state index in [-0.39, 0.29) is 5.78 Å². The molecule has 0 spiro atoms. The molecule has 0 saturated heterocycles. The average Bonchev–Trinajstić information content (AvgIpc) is 2.44. The minimum Gasteiger partial charge on any atom is -0.497 e. The molecule has 2 rings (SSSR count). The fraction of sp³-hybridized carbons (Fsp3) is 0.200. The molecule has 0 aliphatic rings. The fourth-order valence-electron chi connectivity index (χ4n) is 1.74. The Hall–Kier alpha value is -1.88. The Morgan fingerprint density at radius 1 is 1.30 bits per heavy atom. The van der Waals surface area contributed by atoms with E-state index >= 15 is 0 Å². The van der Waals surface area contributed by atoms with E-state index in [1.54, 1.807) is 37.7 Å². The van der Waals surface area contributed by atoms with Crippen LogP contribution < -0.4 is 9.47 Å². The lowest BCUT2D eigenvalue weighted by molar-refractivity contribution is 0.101.